The molecule has 0 aliphatic rings. The van der Waals surface area contributed by atoms with E-state index in [4.69, 9.17) is 9.84 Å². The van der Waals surface area contributed by atoms with Crippen LogP contribution in [0.5, 0.6) is 0 Å². The van der Waals surface area contributed by atoms with Crippen LogP contribution in [0.25, 0.3) is 0 Å². The zero-order chi connectivity index (χ0) is 13.4. The maximum atomic E-state index is 11.8. The van der Waals surface area contributed by atoms with Crippen LogP contribution >= 0.6 is 0 Å². The minimum absolute atomic E-state index is 0.147. The number of aliphatic hydroxyl groups is 1. The third-order valence-corrected chi connectivity index (χ3v) is 2.98. The van der Waals surface area contributed by atoms with Gasteiger partial charge in [0.1, 0.15) is 0 Å². The van der Waals surface area contributed by atoms with Crippen LogP contribution in [0.1, 0.15) is 43.7 Å². The topological polar surface area (TPSA) is 46.5 Å². The molecule has 1 rings (SSSR count). The molecule has 100 valence electrons. The van der Waals surface area contributed by atoms with E-state index in [9.17, 15) is 4.79 Å². The molecule has 3 heteroatoms. The van der Waals surface area contributed by atoms with E-state index >= 15 is 0 Å². The van der Waals surface area contributed by atoms with Gasteiger partial charge in [0.05, 0.1) is 12.5 Å². The Kier molecular flexibility index (Phi) is 6.44. The second kappa shape index (κ2) is 7.88. The first kappa shape index (κ1) is 14.7. The summed E-state index contributed by atoms with van der Waals surface area (Å²) >= 11 is 0. The number of rotatable bonds is 7. The van der Waals surface area contributed by atoms with E-state index in [-0.39, 0.29) is 18.5 Å². The summed E-state index contributed by atoms with van der Waals surface area (Å²) in [5.74, 6) is -0.400. The van der Waals surface area contributed by atoms with Crippen molar-refractivity contribution < 1.29 is 14.6 Å². The van der Waals surface area contributed by atoms with Crippen molar-refractivity contribution in [1.29, 1.82) is 0 Å². The molecule has 0 fully saturated rings. The van der Waals surface area contributed by atoms with Gasteiger partial charge in [0.2, 0.25) is 0 Å². The lowest BCUT2D eigenvalue weighted by molar-refractivity contribution is -0.145. The Morgan fingerprint density at radius 2 is 2.00 bits per heavy atom. The van der Waals surface area contributed by atoms with E-state index in [0.29, 0.717) is 13.0 Å². The first-order valence-corrected chi connectivity index (χ1v) is 6.55. The van der Waals surface area contributed by atoms with Crippen molar-refractivity contribution in [3.63, 3.8) is 0 Å². The highest BCUT2D eigenvalue weighted by atomic mass is 16.5. The standard InChI is InChI=1S/C15H22O3/c1-3-4-11-18-15(17)12(2)14-7-5-13(6-8-14)9-10-16/h5-8,12,16H,3-4,9-11H2,1-2H3. The molecule has 0 spiro atoms. The van der Waals surface area contributed by atoms with Crippen molar-refractivity contribution in [2.75, 3.05) is 13.2 Å². The number of carbonyl (C=O) groups excluding carboxylic acids is 1. The van der Waals surface area contributed by atoms with Crippen molar-refractivity contribution in [3.8, 4) is 0 Å². The largest absolute Gasteiger partial charge is 0.465 e. The number of hydrogen-bond donors (Lipinski definition) is 1. The van der Waals surface area contributed by atoms with Gasteiger partial charge in [0.25, 0.3) is 0 Å². The van der Waals surface area contributed by atoms with Crippen LogP contribution < -0.4 is 0 Å². The lowest BCUT2D eigenvalue weighted by Gasteiger charge is -2.12. The van der Waals surface area contributed by atoms with Crippen LogP contribution in [0.15, 0.2) is 24.3 Å². The number of carbonyl (C=O) groups is 1. The maximum absolute atomic E-state index is 11.8. The second-order valence-corrected chi connectivity index (χ2v) is 4.46. The van der Waals surface area contributed by atoms with Gasteiger partial charge in [0, 0.05) is 6.61 Å². The van der Waals surface area contributed by atoms with E-state index in [1.165, 1.54) is 0 Å². The molecular formula is C15H22O3. The van der Waals surface area contributed by atoms with Gasteiger partial charge >= 0.3 is 5.97 Å². The summed E-state index contributed by atoms with van der Waals surface area (Å²) in [4.78, 5) is 11.8. The van der Waals surface area contributed by atoms with Crippen LogP contribution in [0.2, 0.25) is 0 Å². The predicted molar refractivity (Wildman–Crippen MR) is 71.5 cm³/mol. The molecule has 0 aromatic heterocycles. The van der Waals surface area contributed by atoms with Crippen LogP contribution in [0, 0.1) is 0 Å². The van der Waals surface area contributed by atoms with Crippen molar-refractivity contribution >= 4 is 5.97 Å². The number of esters is 1. The number of ether oxygens (including phenoxy) is 1. The third kappa shape index (κ3) is 4.49. The van der Waals surface area contributed by atoms with Gasteiger partial charge < -0.3 is 9.84 Å². The van der Waals surface area contributed by atoms with Crippen molar-refractivity contribution in [2.24, 2.45) is 0 Å². The van der Waals surface area contributed by atoms with Crippen molar-refractivity contribution in [2.45, 2.75) is 39.0 Å². The quantitative estimate of drug-likeness (QED) is 0.598. The Morgan fingerprint density at radius 3 is 2.56 bits per heavy atom. The van der Waals surface area contributed by atoms with Gasteiger partial charge in [0.15, 0.2) is 0 Å². The monoisotopic (exact) mass is 250 g/mol. The molecular weight excluding hydrogens is 228 g/mol. The second-order valence-electron chi connectivity index (χ2n) is 4.46. The van der Waals surface area contributed by atoms with Gasteiger partial charge in [-0.05, 0) is 30.9 Å². The first-order chi connectivity index (χ1) is 8.69. The first-order valence-electron chi connectivity index (χ1n) is 6.55. The van der Waals surface area contributed by atoms with E-state index in [2.05, 4.69) is 6.92 Å². The normalized spacial score (nSPS) is 12.2. The average molecular weight is 250 g/mol. The van der Waals surface area contributed by atoms with Gasteiger partial charge in [-0.3, -0.25) is 4.79 Å². The van der Waals surface area contributed by atoms with Crippen molar-refractivity contribution in [1.82, 2.24) is 0 Å². The summed E-state index contributed by atoms with van der Waals surface area (Å²) < 4.78 is 5.20. The fourth-order valence-electron chi connectivity index (χ4n) is 1.68. The highest BCUT2D eigenvalue weighted by Gasteiger charge is 2.16. The summed E-state index contributed by atoms with van der Waals surface area (Å²) in [6, 6.07) is 7.75. The van der Waals surface area contributed by atoms with E-state index in [1.54, 1.807) is 0 Å². The molecule has 0 aliphatic carbocycles. The molecule has 3 nitrogen and oxygen atoms in total. The Bertz CT molecular complexity index is 357. The van der Waals surface area contributed by atoms with E-state index in [1.807, 2.05) is 31.2 Å². The highest BCUT2D eigenvalue weighted by Crippen LogP contribution is 2.18. The molecule has 0 amide bonds. The fourth-order valence-corrected chi connectivity index (χ4v) is 1.68. The molecule has 0 saturated heterocycles. The number of unbranched alkanes of at least 4 members (excludes halogenated alkanes) is 1. The van der Waals surface area contributed by atoms with Gasteiger partial charge in [-0.1, -0.05) is 37.6 Å². The Hall–Kier alpha value is -1.35. The van der Waals surface area contributed by atoms with Crippen molar-refractivity contribution in [3.05, 3.63) is 35.4 Å². The zero-order valence-electron chi connectivity index (χ0n) is 11.2. The molecule has 0 saturated carbocycles. The maximum Gasteiger partial charge on any atom is 0.313 e. The number of benzene rings is 1. The fraction of sp³-hybridized carbons (Fsp3) is 0.533. The highest BCUT2D eigenvalue weighted by molar-refractivity contribution is 5.77. The number of aliphatic hydroxyl groups excluding tert-OH is 1. The molecule has 1 aromatic rings. The van der Waals surface area contributed by atoms with Crippen LogP contribution in [-0.2, 0) is 16.0 Å². The predicted octanol–water partition coefficient (Wildman–Crippen LogP) is 2.67. The lowest BCUT2D eigenvalue weighted by atomic mass is 9.99. The van der Waals surface area contributed by atoms with Gasteiger partial charge in [-0.25, -0.2) is 0 Å². The molecule has 0 heterocycles. The molecule has 0 bridgehead atoms. The van der Waals surface area contributed by atoms with Gasteiger partial charge in [-0.15, -0.1) is 0 Å². The SMILES string of the molecule is CCCCOC(=O)C(C)c1ccc(CCO)cc1. The minimum Gasteiger partial charge on any atom is -0.465 e. The van der Waals surface area contributed by atoms with Crippen LogP contribution in [0.4, 0.5) is 0 Å². The molecule has 0 aliphatic heterocycles. The van der Waals surface area contributed by atoms with E-state index < -0.39 is 0 Å². The summed E-state index contributed by atoms with van der Waals surface area (Å²) in [6.45, 7) is 4.57. The summed E-state index contributed by atoms with van der Waals surface area (Å²) in [6.07, 6.45) is 2.58. The number of hydrogen-bond acceptors (Lipinski definition) is 3. The molecule has 1 N–H and O–H groups in total. The average Bonchev–Trinajstić information content (AvgIpc) is 2.39. The smallest absolute Gasteiger partial charge is 0.313 e. The molecule has 1 aromatic carbocycles. The summed E-state index contributed by atoms with van der Waals surface area (Å²) in [7, 11) is 0. The Balaban J connectivity index is 2.54. The molecule has 1 unspecified atom stereocenters. The molecule has 1 atom stereocenters. The van der Waals surface area contributed by atoms with Gasteiger partial charge in [-0.2, -0.15) is 0 Å². The minimum atomic E-state index is -0.231. The van der Waals surface area contributed by atoms with E-state index in [0.717, 1.165) is 24.0 Å². The summed E-state index contributed by atoms with van der Waals surface area (Å²) in [5, 5.41) is 8.83. The van der Waals surface area contributed by atoms with Crippen LogP contribution in [-0.4, -0.2) is 24.3 Å². The zero-order valence-corrected chi connectivity index (χ0v) is 11.2. The lowest BCUT2D eigenvalue weighted by Crippen LogP contribution is -2.14. The van der Waals surface area contributed by atoms with Crippen LogP contribution in [0.3, 0.4) is 0 Å². The molecule has 18 heavy (non-hydrogen) atoms. The molecule has 0 radical (unpaired) electrons. The Morgan fingerprint density at radius 1 is 1.33 bits per heavy atom. The Labute approximate surface area is 109 Å². The summed E-state index contributed by atoms with van der Waals surface area (Å²) in [5.41, 5.74) is 2.03. The third-order valence-electron chi connectivity index (χ3n) is 2.98.